The van der Waals surface area contributed by atoms with Crippen LogP contribution in [-0.4, -0.2) is 12.1 Å². The van der Waals surface area contributed by atoms with Gasteiger partial charge in [-0.15, -0.1) is 0 Å². The minimum atomic E-state index is 0.595. The number of nitrogens with one attached hydrogen (secondary N) is 1. The molecule has 4 atom stereocenters. The van der Waals surface area contributed by atoms with Crippen LogP contribution in [0.2, 0.25) is 0 Å². The van der Waals surface area contributed by atoms with Crippen LogP contribution in [-0.2, 0) is 0 Å². The third kappa shape index (κ3) is 1.19. The quantitative estimate of drug-likeness (QED) is 0.574. The summed E-state index contributed by atoms with van der Waals surface area (Å²) in [5.41, 5.74) is 1.58. The van der Waals surface area contributed by atoms with Crippen LogP contribution in [0.1, 0.15) is 19.8 Å². The summed E-state index contributed by atoms with van der Waals surface area (Å²) in [5, 5.41) is 3.73. The molecule has 1 N–H and O–H groups in total. The molecule has 0 aromatic heterocycles. The molecule has 0 saturated carbocycles. The van der Waals surface area contributed by atoms with Gasteiger partial charge >= 0.3 is 0 Å². The standard InChI is InChI=1S/C13H17N/c1-9-6-7-13-11(8-9)10-4-2-3-5-12(10)14-13/h2-5,8,10-14H,6-7H2,1H3/t10?,11-,12?,13?/m0/s1. The maximum atomic E-state index is 3.73. The highest BCUT2D eigenvalue weighted by atomic mass is 15.0. The molecule has 0 spiro atoms. The number of hydrogen-bond donors (Lipinski definition) is 1. The molecule has 3 rings (SSSR count). The third-order valence-corrected chi connectivity index (χ3v) is 3.82. The molecule has 0 aromatic rings. The summed E-state index contributed by atoms with van der Waals surface area (Å²) in [6.45, 7) is 2.27. The first-order valence-corrected chi connectivity index (χ1v) is 5.63. The van der Waals surface area contributed by atoms with Gasteiger partial charge in [0.05, 0.1) is 0 Å². The van der Waals surface area contributed by atoms with Crippen molar-refractivity contribution in [3.05, 3.63) is 36.0 Å². The first-order valence-electron chi connectivity index (χ1n) is 5.63. The highest BCUT2D eigenvalue weighted by molar-refractivity contribution is 5.27. The topological polar surface area (TPSA) is 12.0 Å². The lowest BCUT2D eigenvalue weighted by atomic mass is 9.79. The first kappa shape index (κ1) is 8.49. The van der Waals surface area contributed by atoms with E-state index in [0.29, 0.717) is 12.0 Å². The Kier molecular flexibility index (Phi) is 1.88. The van der Waals surface area contributed by atoms with Crippen LogP contribution in [0.4, 0.5) is 0 Å². The number of fused-ring (bicyclic) bond motifs is 3. The fourth-order valence-electron chi connectivity index (χ4n) is 3.08. The first-order chi connectivity index (χ1) is 6.84. The van der Waals surface area contributed by atoms with E-state index >= 15 is 0 Å². The van der Waals surface area contributed by atoms with E-state index in [0.717, 1.165) is 12.0 Å². The maximum absolute atomic E-state index is 3.73. The summed E-state index contributed by atoms with van der Waals surface area (Å²) in [6.07, 6.45) is 14.1. The summed E-state index contributed by atoms with van der Waals surface area (Å²) in [5.74, 6) is 1.45. The lowest BCUT2D eigenvalue weighted by Crippen LogP contribution is -2.31. The highest BCUT2D eigenvalue weighted by Gasteiger charge is 2.40. The molecule has 14 heavy (non-hydrogen) atoms. The van der Waals surface area contributed by atoms with Gasteiger partial charge < -0.3 is 5.32 Å². The van der Waals surface area contributed by atoms with E-state index in [4.69, 9.17) is 0 Å². The van der Waals surface area contributed by atoms with Crippen molar-refractivity contribution in [3.8, 4) is 0 Å². The van der Waals surface area contributed by atoms with E-state index in [1.807, 2.05) is 0 Å². The zero-order chi connectivity index (χ0) is 9.54. The molecule has 1 heteroatoms. The Balaban J connectivity index is 1.92. The fraction of sp³-hybridized carbons (Fsp3) is 0.538. The molecule has 3 unspecified atom stereocenters. The zero-order valence-corrected chi connectivity index (χ0v) is 8.61. The van der Waals surface area contributed by atoms with Crippen LogP contribution < -0.4 is 5.32 Å². The van der Waals surface area contributed by atoms with Crippen molar-refractivity contribution < 1.29 is 0 Å². The SMILES string of the molecule is CC1=C[C@@H]2C(CC1)NC1C=CC=CC12. The lowest BCUT2D eigenvalue weighted by molar-refractivity contribution is 0.435. The van der Waals surface area contributed by atoms with E-state index in [-0.39, 0.29) is 0 Å². The molecule has 1 fully saturated rings. The summed E-state index contributed by atoms with van der Waals surface area (Å²) >= 11 is 0. The monoisotopic (exact) mass is 187 g/mol. The second-order valence-electron chi connectivity index (χ2n) is 4.78. The predicted molar refractivity (Wildman–Crippen MR) is 59.0 cm³/mol. The average molecular weight is 187 g/mol. The Bertz CT molecular complexity index is 324. The van der Waals surface area contributed by atoms with Crippen LogP contribution in [0.3, 0.4) is 0 Å². The van der Waals surface area contributed by atoms with Gasteiger partial charge in [0.15, 0.2) is 0 Å². The Morgan fingerprint density at radius 3 is 3.00 bits per heavy atom. The molecule has 2 aliphatic carbocycles. The maximum Gasteiger partial charge on any atom is 0.0325 e. The van der Waals surface area contributed by atoms with Gasteiger partial charge in [0, 0.05) is 23.9 Å². The third-order valence-electron chi connectivity index (χ3n) is 3.82. The molecule has 0 radical (unpaired) electrons. The predicted octanol–water partition coefficient (Wildman–Crippen LogP) is 2.43. The normalized spacial score (nSPS) is 44.5. The Labute approximate surface area is 85.6 Å². The van der Waals surface area contributed by atoms with Crippen LogP contribution >= 0.6 is 0 Å². The summed E-state index contributed by atoms with van der Waals surface area (Å²) < 4.78 is 0. The van der Waals surface area contributed by atoms with Crippen LogP contribution in [0, 0.1) is 11.8 Å². The van der Waals surface area contributed by atoms with Crippen molar-refractivity contribution in [1.29, 1.82) is 0 Å². The molecule has 0 aromatic carbocycles. The summed E-state index contributed by atoms with van der Waals surface area (Å²) in [4.78, 5) is 0. The van der Waals surface area contributed by atoms with Crippen molar-refractivity contribution in [1.82, 2.24) is 5.32 Å². The van der Waals surface area contributed by atoms with Crippen molar-refractivity contribution in [2.75, 3.05) is 0 Å². The smallest absolute Gasteiger partial charge is 0.0325 e. The van der Waals surface area contributed by atoms with Gasteiger partial charge in [-0.2, -0.15) is 0 Å². The average Bonchev–Trinajstić information content (AvgIpc) is 2.56. The molecule has 0 bridgehead atoms. The Morgan fingerprint density at radius 1 is 1.21 bits per heavy atom. The number of rotatable bonds is 0. The largest absolute Gasteiger partial charge is 0.307 e. The molecule has 1 saturated heterocycles. The molecule has 74 valence electrons. The van der Waals surface area contributed by atoms with Gasteiger partial charge in [-0.25, -0.2) is 0 Å². The minimum absolute atomic E-state index is 0.595. The molecular weight excluding hydrogens is 170 g/mol. The molecular formula is C13H17N. The van der Waals surface area contributed by atoms with E-state index < -0.39 is 0 Å². The van der Waals surface area contributed by atoms with Gasteiger partial charge in [-0.3, -0.25) is 0 Å². The number of hydrogen-bond acceptors (Lipinski definition) is 1. The second-order valence-corrected chi connectivity index (χ2v) is 4.78. The Morgan fingerprint density at radius 2 is 2.07 bits per heavy atom. The van der Waals surface area contributed by atoms with Crippen LogP contribution in [0.15, 0.2) is 36.0 Å². The van der Waals surface area contributed by atoms with Crippen molar-refractivity contribution in [2.45, 2.75) is 31.8 Å². The molecule has 1 aliphatic heterocycles. The zero-order valence-electron chi connectivity index (χ0n) is 8.61. The van der Waals surface area contributed by atoms with E-state index in [9.17, 15) is 0 Å². The van der Waals surface area contributed by atoms with Crippen molar-refractivity contribution in [3.63, 3.8) is 0 Å². The fourth-order valence-corrected chi connectivity index (χ4v) is 3.08. The highest BCUT2D eigenvalue weighted by Crippen LogP contribution is 2.38. The Hall–Kier alpha value is -0.820. The minimum Gasteiger partial charge on any atom is -0.307 e. The number of allylic oxidation sites excluding steroid dienone is 3. The molecule has 0 amide bonds. The van der Waals surface area contributed by atoms with E-state index in [2.05, 4.69) is 42.6 Å². The van der Waals surface area contributed by atoms with E-state index in [1.165, 1.54) is 12.8 Å². The van der Waals surface area contributed by atoms with Crippen LogP contribution in [0.5, 0.6) is 0 Å². The van der Waals surface area contributed by atoms with Crippen LogP contribution in [0.25, 0.3) is 0 Å². The van der Waals surface area contributed by atoms with Gasteiger partial charge in [0.25, 0.3) is 0 Å². The van der Waals surface area contributed by atoms with Crippen molar-refractivity contribution >= 4 is 0 Å². The van der Waals surface area contributed by atoms with Gasteiger partial charge in [0.1, 0.15) is 0 Å². The molecule has 1 heterocycles. The van der Waals surface area contributed by atoms with E-state index in [1.54, 1.807) is 5.57 Å². The lowest BCUT2D eigenvalue weighted by Gasteiger charge is -2.25. The van der Waals surface area contributed by atoms with Gasteiger partial charge in [-0.05, 0) is 19.8 Å². The summed E-state index contributed by atoms with van der Waals surface area (Å²) in [7, 11) is 0. The summed E-state index contributed by atoms with van der Waals surface area (Å²) in [6, 6.07) is 1.32. The van der Waals surface area contributed by atoms with Crippen molar-refractivity contribution in [2.24, 2.45) is 11.8 Å². The molecule has 1 nitrogen and oxygen atoms in total. The molecule has 3 aliphatic rings. The second kappa shape index (κ2) is 3.09. The van der Waals surface area contributed by atoms with Gasteiger partial charge in [-0.1, -0.05) is 36.0 Å². The van der Waals surface area contributed by atoms with Gasteiger partial charge in [0.2, 0.25) is 0 Å².